The van der Waals surface area contributed by atoms with Crippen LogP contribution in [0.1, 0.15) is 0 Å². The number of rotatable bonds is 1. The molecule has 0 unspecified atom stereocenters. The van der Waals surface area contributed by atoms with E-state index in [9.17, 15) is 0 Å². The predicted molar refractivity (Wildman–Crippen MR) is 60.3 cm³/mol. The van der Waals surface area contributed by atoms with Gasteiger partial charge in [-0.25, -0.2) is 4.98 Å². The maximum Gasteiger partial charge on any atom is 0.124 e. The second kappa shape index (κ2) is 3.53. The molecule has 0 aliphatic rings. The number of halogens is 1. The number of nitrogens with zero attached hydrogens (tertiary/aromatic N) is 1. The Labute approximate surface area is 88.6 Å². The first-order valence-corrected chi connectivity index (χ1v) is 5.48. The predicted octanol–water partition coefficient (Wildman–Crippen LogP) is 3.41. The Balaban J connectivity index is 2.45. The van der Waals surface area contributed by atoms with Gasteiger partial charge in [0.1, 0.15) is 8.71 Å². The highest BCUT2D eigenvalue weighted by molar-refractivity contribution is 14.1. The number of benzene rings is 1. The summed E-state index contributed by atoms with van der Waals surface area (Å²) in [4.78, 5) is 4.39. The van der Waals surface area contributed by atoms with E-state index >= 15 is 0 Å². The third-order valence-electron chi connectivity index (χ3n) is 1.50. The molecule has 3 heteroatoms. The monoisotopic (exact) mass is 287 g/mol. The van der Waals surface area contributed by atoms with Crippen LogP contribution in [-0.4, -0.2) is 4.98 Å². The quantitative estimate of drug-likeness (QED) is 0.732. The lowest BCUT2D eigenvalue weighted by atomic mass is 10.2. The molecule has 2 rings (SSSR count). The molecule has 0 aliphatic carbocycles. The molecule has 0 aliphatic heterocycles. The smallest absolute Gasteiger partial charge is 0.124 e. The summed E-state index contributed by atoms with van der Waals surface area (Å²) in [7, 11) is 0. The first kappa shape index (κ1) is 8.19. The summed E-state index contributed by atoms with van der Waals surface area (Å²) in [5.74, 6) is 0. The summed E-state index contributed by atoms with van der Waals surface area (Å²) in [6.07, 6.45) is 0. The summed E-state index contributed by atoms with van der Waals surface area (Å²) in [6, 6.07) is 10.2. The largest absolute Gasteiger partial charge is 0.230 e. The fourth-order valence-electron chi connectivity index (χ4n) is 0.967. The highest BCUT2D eigenvalue weighted by Crippen LogP contribution is 2.23. The minimum atomic E-state index is 1.07. The minimum absolute atomic E-state index is 1.07. The Morgan fingerprint density at radius 3 is 2.50 bits per heavy atom. The van der Waals surface area contributed by atoms with E-state index in [1.165, 1.54) is 5.56 Å². The van der Waals surface area contributed by atoms with Crippen LogP contribution in [0.15, 0.2) is 35.7 Å². The third-order valence-corrected chi connectivity index (χ3v) is 3.36. The number of aromatic nitrogens is 1. The second-order valence-corrected chi connectivity index (χ2v) is 4.30. The van der Waals surface area contributed by atoms with Crippen LogP contribution in [0.25, 0.3) is 10.6 Å². The van der Waals surface area contributed by atoms with Crippen LogP contribution in [0.4, 0.5) is 0 Å². The molecule has 1 heterocycles. The lowest BCUT2D eigenvalue weighted by Gasteiger charge is -1.92. The first-order chi connectivity index (χ1) is 5.86. The topological polar surface area (TPSA) is 12.9 Å². The Bertz CT molecular complexity index is 369. The molecule has 0 N–H and O–H groups in total. The number of hydrogen-bond acceptors (Lipinski definition) is 2. The van der Waals surface area contributed by atoms with Gasteiger partial charge in [0.05, 0.1) is 0 Å². The molecular formula is C9H6INS. The molecule has 2 aromatic rings. The van der Waals surface area contributed by atoms with Gasteiger partial charge in [-0.1, -0.05) is 30.3 Å². The molecule has 12 heavy (non-hydrogen) atoms. The Kier molecular flexibility index (Phi) is 2.41. The molecule has 0 radical (unpaired) electrons. The molecule has 0 saturated heterocycles. The van der Waals surface area contributed by atoms with Gasteiger partial charge in [-0.3, -0.25) is 0 Å². The SMILES string of the molecule is Ic1csc(-c2ccccc2)n1. The molecular weight excluding hydrogens is 281 g/mol. The van der Waals surface area contributed by atoms with E-state index in [-0.39, 0.29) is 0 Å². The molecule has 60 valence electrons. The van der Waals surface area contributed by atoms with Gasteiger partial charge in [-0.15, -0.1) is 11.3 Å². The van der Waals surface area contributed by atoms with Crippen molar-refractivity contribution in [2.45, 2.75) is 0 Å². The molecule has 0 amide bonds. The maximum absolute atomic E-state index is 4.39. The molecule has 0 bridgehead atoms. The van der Waals surface area contributed by atoms with Crippen LogP contribution in [0.2, 0.25) is 0 Å². The zero-order chi connectivity index (χ0) is 8.39. The van der Waals surface area contributed by atoms with E-state index < -0.39 is 0 Å². The van der Waals surface area contributed by atoms with Crippen molar-refractivity contribution < 1.29 is 0 Å². The van der Waals surface area contributed by atoms with Crippen molar-refractivity contribution >= 4 is 33.9 Å². The summed E-state index contributed by atoms with van der Waals surface area (Å²) in [5.41, 5.74) is 1.20. The van der Waals surface area contributed by atoms with Gasteiger partial charge in [0, 0.05) is 10.9 Å². The summed E-state index contributed by atoms with van der Waals surface area (Å²) in [5, 5.41) is 3.16. The first-order valence-electron chi connectivity index (χ1n) is 3.53. The van der Waals surface area contributed by atoms with Gasteiger partial charge in [0.15, 0.2) is 0 Å². The van der Waals surface area contributed by atoms with Crippen molar-refractivity contribution in [1.29, 1.82) is 0 Å². The average Bonchev–Trinajstić information content (AvgIpc) is 2.54. The minimum Gasteiger partial charge on any atom is -0.230 e. The average molecular weight is 287 g/mol. The molecule has 0 saturated carbocycles. The molecule has 1 aromatic heterocycles. The van der Waals surface area contributed by atoms with E-state index in [0.717, 1.165) is 8.71 Å². The third kappa shape index (κ3) is 1.67. The highest BCUT2D eigenvalue weighted by atomic mass is 127. The van der Waals surface area contributed by atoms with Crippen molar-refractivity contribution in [2.24, 2.45) is 0 Å². The van der Waals surface area contributed by atoms with Crippen molar-refractivity contribution in [3.8, 4) is 10.6 Å². The highest BCUT2D eigenvalue weighted by Gasteiger charge is 2.00. The van der Waals surface area contributed by atoms with Gasteiger partial charge in [0.2, 0.25) is 0 Å². The zero-order valence-corrected chi connectivity index (χ0v) is 9.17. The van der Waals surface area contributed by atoms with Crippen LogP contribution >= 0.6 is 33.9 Å². The normalized spacial score (nSPS) is 10.1. The van der Waals surface area contributed by atoms with E-state index in [0.29, 0.717) is 0 Å². The Hall–Kier alpha value is -0.420. The van der Waals surface area contributed by atoms with Gasteiger partial charge in [0.25, 0.3) is 0 Å². The second-order valence-electron chi connectivity index (χ2n) is 2.34. The van der Waals surface area contributed by atoms with Crippen LogP contribution in [-0.2, 0) is 0 Å². The molecule has 0 atom stereocenters. The molecule has 0 fully saturated rings. The fourth-order valence-corrected chi connectivity index (χ4v) is 2.44. The summed E-state index contributed by atoms with van der Waals surface area (Å²) < 4.78 is 1.07. The van der Waals surface area contributed by atoms with Crippen LogP contribution in [0.3, 0.4) is 0 Å². The molecule has 0 spiro atoms. The van der Waals surface area contributed by atoms with Gasteiger partial charge in [-0.05, 0) is 22.6 Å². The maximum atomic E-state index is 4.39. The summed E-state index contributed by atoms with van der Waals surface area (Å²) in [6.45, 7) is 0. The van der Waals surface area contributed by atoms with E-state index in [2.05, 4.69) is 45.1 Å². The zero-order valence-electron chi connectivity index (χ0n) is 6.20. The lowest BCUT2D eigenvalue weighted by molar-refractivity contribution is 1.36. The Morgan fingerprint density at radius 2 is 1.92 bits per heavy atom. The number of thiazole rings is 1. The number of hydrogen-bond donors (Lipinski definition) is 0. The standard InChI is InChI=1S/C9H6INS/c10-8-6-12-9(11-8)7-4-2-1-3-5-7/h1-6H. The van der Waals surface area contributed by atoms with Gasteiger partial charge in [-0.2, -0.15) is 0 Å². The van der Waals surface area contributed by atoms with Crippen molar-refractivity contribution in [3.05, 3.63) is 39.4 Å². The van der Waals surface area contributed by atoms with Crippen LogP contribution < -0.4 is 0 Å². The molecule has 1 aromatic carbocycles. The Morgan fingerprint density at radius 1 is 1.17 bits per heavy atom. The van der Waals surface area contributed by atoms with Gasteiger partial charge < -0.3 is 0 Å². The van der Waals surface area contributed by atoms with Crippen LogP contribution in [0, 0.1) is 3.70 Å². The van der Waals surface area contributed by atoms with Crippen molar-refractivity contribution in [2.75, 3.05) is 0 Å². The lowest BCUT2D eigenvalue weighted by Crippen LogP contribution is -1.74. The molecule has 1 nitrogen and oxygen atoms in total. The van der Waals surface area contributed by atoms with E-state index in [4.69, 9.17) is 0 Å². The van der Waals surface area contributed by atoms with E-state index in [1.54, 1.807) is 11.3 Å². The van der Waals surface area contributed by atoms with E-state index in [1.807, 2.05) is 18.2 Å². The van der Waals surface area contributed by atoms with Gasteiger partial charge >= 0.3 is 0 Å². The fraction of sp³-hybridized carbons (Fsp3) is 0. The summed E-state index contributed by atoms with van der Waals surface area (Å²) >= 11 is 3.91. The van der Waals surface area contributed by atoms with Crippen molar-refractivity contribution in [3.63, 3.8) is 0 Å². The van der Waals surface area contributed by atoms with Crippen molar-refractivity contribution in [1.82, 2.24) is 4.98 Å². The van der Waals surface area contributed by atoms with Crippen LogP contribution in [0.5, 0.6) is 0 Å².